The molecule has 202 valence electrons. The fourth-order valence-electron chi connectivity index (χ4n) is 2.92. The lowest BCUT2D eigenvalue weighted by Gasteiger charge is -2.21. The lowest BCUT2D eigenvalue weighted by atomic mass is 10.2. The summed E-state index contributed by atoms with van der Waals surface area (Å²) < 4.78 is 63.0. The molecule has 1 unspecified atom stereocenters. The monoisotopic (exact) mass is 607 g/mol. The van der Waals surface area contributed by atoms with E-state index in [1.54, 1.807) is 25.5 Å². The fourth-order valence-corrected chi connectivity index (χ4v) is 4.19. The van der Waals surface area contributed by atoms with E-state index in [-0.39, 0.29) is 40.6 Å². The third-order valence-corrected chi connectivity index (χ3v) is 5.98. The lowest BCUT2D eigenvalue weighted by molar-refractivity contribution is 0.0569. The quantitative estimate of drug-likeness (QED) is 0.301. The van der Waals surface area contributed by atoms with Crippen LogP contribution in [0.3, 0.4) is 0 Å². The number of halogens is 2. The number of rotatable bonds is 10. The molecule has 0 fully saturated rings. The number of benzene rings is 1. The fraction of sp³-hybridized carbons (Fsp3) is 0.421. The number of aromatic nitrogens is 4. The number of nitrogens with zero attached hydrogens (tertiary/aromatic N) is 4. The Morgan fingerprint density at radius 3 is 2.65 bits per heavy atom. The van der Waals surface area contributed by atoms with Crippen LogP contribution in [0.5, 0.6) is 0 Å². The third-order valence-electron chi connectivity index (χ3n) is 4.29. The molecule has 1 atom stereocenters. The van der Waals surface area contributed by atoms with Crippen LogP contribution in [0.1, 0.15) is 20.8 Å². The largest absolute Gasteiger partial charge is 0.446 e. The summed E-state index contributed by atoms with van der Waals surface area (Å²) in [7, 11) is -2.99. The third kappa shape index (κ3) is 7.57. The average Bonchev–Trinajstić information content (AvgIpc) is 3.38. The van der Waals surface area contributed by atoms with Crippen LogP contribution >= 0.6 is 15.9 Å². The molecule has 15 nitrogen and oxygen atoms in total. The summed E-state index contributed by atoms with van der Waals surface area (Å²) >= 11 is 3.05. The van der Waals surface area contributed by atoms with Crippen LogP contribution in [0.15, 0.2) is 36.6 Å². The summed E-state index contributed by atoms with van der Waals surface area (Å²) in [6, 6.07) is 2.88. The maximum Gasteiger partial charge on any atom is 0.446 e. The van der Waals surface area contributed by atoms with E-state index >= 15 is 0 Å². The van der Waals surface area contributed by atoms with E-state index in [9.17, 15) is 22.4 Å². The van der Waals surface area contributed by atoms with E-state index in [0.29, 0.717) is 0 Å². The van der Waals surface area contributed by atoms with Gasteiger partial charge in [-0.3, -0.25) is 4.52 Å². The minimum absolute atomic E-state index is 0.0244. The van der Waals surface area contributed by atoms with Gasteiger partial charge in [0.1, 0.15) is 11.4 Å². The molecular formula is C19H23BrFN7O8S. The maximum absolute atomic E-state index is 13.7. The summed E-state index contributed by atoms with van der Waals surface area (Å²) in [6.07, 6.45) is -1.16. The van der Waals surface area contributed by atoms with Gasteiger partial charge in [0.05, 0.1) is 22.8 Å². The molecule has 3 rings (SSSR count). The molecule has 0 bridgehead atoms. The number of anilines is 1. The molecule has 1 amide bonds. The molecule has 3 aromatic rings. The Labute approximate surface area is 217 Å². The van der Waals surface area contributed by atoms with Gasteiger partial charge in [0.15, 0.2) is 5.69 Å². The van der Waals surface area contributed by atoms with Gasteiger partial charge in [-0.05, 0) is 65.2 Å². The van der Waals surface area contributed by atoms with Crippen LogP contribution in [0, 0.1) is 5.82 Å². The summed E-state index contributed by atoms with van der Waals surface area (Å²) in [6.45, 7) is 4.50. The molecular weight excluding hydrogens is 585 g/mol. The van der Waals surface area contributed by atoms with E-state index in [1.165, 1.54) is 19.2 Å². The first-order valence-corrected chi connectivity index (χ1v) is 12.7. The summed E-state index contributed by atoms with van der Waals surface area (Å²) in [5.74, 6) is -1.58. The average molecular weight is 608 g/mol. The van der Waals surface area contributed by atoms with Crippen molar-refractivity contribution in [2.24, 2.45) is 0 Å². The molecule has 0 aliphatic heterocycles. The summed E-state index contributed by atoms with van der Waals surface area (Å²) in [5.41, 5.74) is -0.756. The molecule has 0 aliphatic rings. The SMILES string of the molecule is COCC(CNc1nonc1-c1noc(=O)n1-c1ccc(F)c(Br)c1)NS(=O)(=O)NC(=O)OC(C)(C)C. The molecule has 0 aliphatic carbocycles. The van der Waals surface area contributed by atoms with Gasteiger partial charge in [0.2, 0.25) is 11.6 Å². The van der Waals surface area contributed by atoms with Crippen molar-refractivity contribution in [2.75, 3.05) is 25.6 Å². The highest BCUT2D eigenvalue weighted by Gasteiger charge is 2.26. The topological polar surface area (TPSA) is 193 Å². The van der Waals surface area contributed by atoms with Crippen molar-refractivity contribution in [2.45, 2.75) is 32.4 Å². The van der Waals surface area contributed by atoms with E-state index in [1.807, 2.05) is 0 Å². The van der Waals surface area contributed by atoms with Crippen molar-refractivity contribution >= 4 is 38.1 Å². The van der Waals surface area contributed by atoms with Crippen molar-refractivity contribution < 1.29 is 36.2 Å². The Hall–Kier alpha value is -3.35. The van der Waals surface area contributed by atoms with Gasteiger partial charge in [-0.1, -0.05) is 5.16 Å². The second-order valence-electron chi connectivity index (χ2n) is 8.43. The van der Waals surface area contributed by atoms with Gasteiger partial charge in [0, 0.05) is 13.7 Å². The van der Waals surface area contributed by atoms with Crippen LogP contribution in [0.2, 0.25) is 0 Å². The Balaban J connectivity index is 1.78. The summed E-state index contributed by atoms with van der Waals surface area (Å²) in [4.78, 5) is 24.2. The van der Waals surface area contributed by atoms with Crippen molar-refractivity contribution in [1.29, 1.82) is 0 Å². The number of ether oxygens (including phenoxy) is 2. The van der Waals surface area contributed by atoms with Gasteiger partial charge >= 0.3 is 22.1 Å². The zero-order chi connectivity index (χ0) is 27.4. The Morgan fingerprint density at radius 1 is 1.27 bits per heavy atom. The van der Waals surface area contributed by atoms with Crippen LogP contribution in [-0.4, -0.2) is 66.5 Å². The predicted molar refractivity (Wildman–Crippen MR) is 129 cm³/mol. The number of amides is 1. The van der Waals surface area contributed by atoms with Gasteiger partial charge < -0.3 is 14.8 Å². The zero-order valence-corrected chi connectivity index (χ0v) is 22.3. The molecule has 18 heteroatoms. The number of hydrogen-bond donors (Lipinski definition) is 3. The van der Waals surface area contributed by atoms with E-state index < -0.39 is 39.5 Å². The van der Waals surface area contributed by atoms with Gasteiger partial charge in [-0.2, -0.15) is 13.1 Å². The Bertz CT molecular complexity index is 1420. The molecule has 37 heavy (non-hydrogen) atoms. The highest BCUT2D eigenvalue weighted by Crippen LogP contribution is 2.26. The van der Waals surface area contributed by atoms with Crippen molar-refractivity contribution in [1.82, 2.24) is 29.5 Å². The molecule has 0 saturated heterocycles. The van der Waals surface area contributed by atoms with Crippen molar-refractivity contribution in [3.05, 3.63) is 39.0 Å². The minimum Gasteiger partial charge on any atom is -0.443 e. The van der Waals surface area contributed by atoms with Crippen molar-refractivity contribution in [3.63, 3.8) is 0 Å². The minimum atomic E-state index is -4.34. The summed E-state index contributed by atoms with van der Waals surface area (Å²) in [5, 5.41) is 14.0. The van der Waals surface area contributed by atoms with Crippen molar-refractivity contribution in [3.8, 4) is 17.2 Å². The van der Waals surface area contributed by atoms with Crippen LogP contribution in [0.25, 0.3) is 17.2 Å². The number of methoxy groups -OCH3 is 1. The van der Waals surface area contributed by atoms with Gasteiger partial charge in [-0.25, -0.2) is 27.9 Å². The highest BCUT2D eigenvalue weighted by atomic mass is 79.9. The Morgan fingerprint density at radius 2 is 2.00 bits per heavy atom. The molecule has 2 heterocycles. The Kier molecular flexibility index (Phi) is 8.67. The second kappa shape index (κ2) is 11.4. The predicted octanol–water partition coefficient (Wildman–Crippen LogP) is 1.56. The number of carbonyl (C=O) groups excluding carboxylic acids is 1. The van der Waals surface area contributed by atoms with Crippen LogP contribution in [0.4, 0.5) is 15.0 Å². The number of hydrogen-bond acceptors (Lipinski definition) is 12. The molecule has 0 saturated carbocycles. The van der Waals surface area contributed by atoms with Gasteiger partial charge in [-0.15, -0.1) is 0 Å². The molecule has 0 spiro atoms. The van der Waals surface area contributed by atoms with E-state index in [4.69, 9.17) is 18.6 Å². The normalized spacial score (nSPS) is 12.8. The standard InChI is InChI=1S/C19H23BrFN7O8S/c1-19(2,3)34-17(29)27-37(31,32)26-10(9-33-4)8-22-15-14(23-36-24-15)16-25-35-18(30)28(16)11-5-6-13(21)12(20)7-11/h5-7,10,26H,8-9H2,1-4H3,(H,22,24)(H,27,29). The van der Waals surface area contributed by atoms with E-state index in [0.717, 1.165) is 10.6 Å². The zero-order valence-electron chi connectivity index (χ0n) is 19.9. The molecule has 1 aromatic carbocycles. The van der Waals surface area contributed by atoms with Crippen LogP contribution < -0.4 is 20.5 Å². The van der Waals surface area contributed by atoms with Crippen LogP contribution in [-0.2, 0) is 19.7 Å². The number of carbonyl (C=O) groups is 1. The first-order valence-electron chi connectivity index (χ1n) is 10.4. The van der Waals surface area contributed by atoms with E-state index in [2.05, 4.69) is 41.4 Å². The first-order chi connectivity index (χ1) is 17.3. The first kappa shape index (κ1) is 28.2. The molecule has 0 radical (unpaired) electrons. The highest BCUT2D eigenvalue weighted by molar-refractivity contribution is 9.10. The smallest absolute Gasteiger partial charge is 0.443 e. The number of nitrogens with one attached hydrogen (secondary N) is 3. The van der Waals surface area contributed by atoms with Gasteiger partial charge in [0.25, 0.3) is 0 Å². The second-order valence-corrected chi connectivity index (χ2v) is 10.7. The molecule has 2 aromatic heterocycles. The lowest BCUT2D eigenvalue weighted by Crippen LogP contribution is -2.50. The maximum atomic E-state index is 13.7. The molecule has 3 N–H and O–H groups in total.